The van der Waals surface area contributed by atoms with Crippen LogP contribution < -0.4 is 38.1 Å². The van der Waals surface area contributed by atoms with Crippen LogP contribution in [-0.2, 0) is 28.8 Å². The molecule has 0 bridgehead atoms. The Kier molecular flexibility index (Phi) is 24.1. The number of halogens is 7. The average Bonchev–Trinajstić information content (AvgIpc) is 1.65. The smallest absolute Gasteiger partial charge is 0.324 e. The van der Waals surface area contributed by atoms with E-state index in [4.69, 9.17) is 51.4 Å². The number of alkyl halides is 2. The number of aliphatic imine (C=N–C) groups is 2. The molecule has 35 heteroatoms. The van der Waals surface area contributed by atoms with Gasteiger partial charge in [0.2, 0.25) is 17.7 Å². The molecule has 2 saturated heterocycles. The summed E-state index contributed by atoms with van der Waals surface area (Å²) in [6.07, 6.45) is 6.30. The number of allylic oxidation sites excluding steroid dienone is 1. The maximum absolute atomic E-state index is 15.5. The number of anilines is 4. The molecule has 4 unspecified atom stereocenters. The fraction of sp³-hybridized carbons (Fsp3) is 0.290. The summed E-state index contributed by atoms with van der Waals surface area (Å²) in [5.41, 5.74) is 14.6. The third-order valence-corrected chi connectivity index (χ3v) is 18.5. The van der Waals surface area contributed by atoms with Crippen LogP contribution in [0.1, 0.15) is 26.7 Å². The van der Waals surface area contributed by atoms with Crippen LogP contribution >= 0.6 is 58.3 Å². The molecule has 26 nitrogen and oxygen atoms in total. The standard InChI is InChI=1S/C28H24ClF2N9O3S.C17H15ClF2N2O.C11H11N7O3S.C6H12ClN/c29-18-6-2-1-4-16(18)17-5-3-7-19(22(17)31)36-26(43)20-8-14(30)11-39(20)21(41)12-40-27-24(23(38-40)25(32)42)37-28(44-27)35-15-9-33-13-34-10-15;18-13-6-2-1-4-11(13)12-5-3-7-14(16(12)20)22-17(23)15-8-10(19)9-21-15;12-9(21)7-8-10(18(17-7)3-6(19)20)22-11(16-8)15-5-1-13-4-14-2-5;1-5(2)6(7)8(3)4/h1-7,9-10,13-14,20,24,27H,8,11-12H2,(H2,32,42)(H,35,37)(H,36,43);1-7,10,15,21H,8-9H2,(H,22,23);1-2,4,8,10H,3H2,(H2,12,21)(H,15,16)(H,19,20);1-4H3/t14-,20+,24?,27?;10-,15+;;/m11../s1. The minimum absolute atomic E-state index is 0.0376. The monoisotopic (exact) mass is 1430 g/mol. The van der Waals surface area contributed by atoms with Crippen molar-refractivity contribution in [3.8, 4) is 22.3 Å². The molecule has 2 aromatic heterocycles. The Balaban J connectivity index is 0.000000174. The number of aliphatic carboxylic acids is 1. The first kappa shape index (κ1) is 71.8. The number of primary amides is 2. The molecular formula is C62H62Cl3F4N19O7S2. The average molecular weight is 1430 g/mol. The van der Waals surface area contributed by atoms with E-state index in [0.717, 1.165) is 15.6 Å². The normalized spacial score (nSPS) is 20.9. The molecule has 5 amide bonds. The van der Waals surface area contributed by atoms with E-state index >= 15 is 4.39 Å². The number of likely N-dealkylation sites (tertiary alicyclic amines) is 1. The highest BCUT2D eigenvalue weighted by atomic mass is 35.5. The fourth-order valence-corrected chi connectivity index (χ4v) is 13.1. The predicted molar refractivity (Wildman–Crippen MR) is 366 cm³/mol. The number of carboxylic acid groups (broad SMARTS) is 1. The van der Waals surface area contributed by atoms with E-state index in [1.54, 1.807) is 91.5 Å². The van der Waals surface area contributed by atoms with Crippen molar-refractivity contribution in [1.29, 1.82) is 0 Å². The zero-order valence-corrected chi connectivity index (χ0v) is 55.7. The van der Waals surface area contributed by atoms with E-state index in [9.17, 15) is 41.9 Å². The first-order valence-corrected chi connectivity index (χ1v) is 32.3. The van der Waals surface area contributed by atoms with E-state index in [2.05, 4.69) is 66.7 Å². The number of hydrazone groups is 2. The highest BCUT2D eigenvalue weighted by Crippen LogP contribution is 2.39. The van der Waals surface area contributed by atoms with Crippen LogP contribution in [0.4, 0.5) is 40.3 Å². The van der Waals surface area contributed by atoms with E-state index in [1.165, 1.54) is 64.4 Å². The number of amides is 5. The molecule has 6 aromatic rings. The SMILES string of the molecule is CC(C)=C(Cl)N(C)C.NC(=O)C1=NN(CC(=O)N2C[C@H](F)C[C@H]2C(=O)Nc2cccc(-c3ccccc3Cl)c2F)C2SC(Nc3cncnc3)=NC12.NC(=O)C1=NN(CC(=O)O)C2SC(Nc3cncnc3)=NC12.O=C(Nc1cccc(-c2ccccc2Cl)c1F)[C@@H]1C[C@@H](F)CN1. The topological polar surface area (TPSA) is 349 Å². The number of thioether (sulfide) groups is 2. The van der Waals surface area contributed by atoms with Crippen LogP contribution in [0.2, 0.25) is 10.0 Å². The third kappa shape index (κ3) is 18.0. The number of nitrogens with one attached hydrogen (secondary N) is 5. The molecular weight excluding hydrogens is 1370 g/mol. The summed E-state index contributed by atoms with van der Waals surface area (Å²) in [7, 11) is 3.85. The first-order valence-electron chi connectivity index (χ1n) is 29.4. The Bertz CT molecular complexity index is 4110. The van der Waals surface area contributed by atoms with Crippen molar-refractivity contribution in [1.82, 2.24) is 45.1 Å². The first-order chi connectivity index (χ1) is 46.3. The molecule has 8 heterocycles. The summed E-state index contributed by atoms with van der Waals surface area (Å²) in [5.74, 6) is -5.64. The van der Waals surface area contributed by atoms with Gasteiger partial charge in [0.25, 0.3) is 11.8 Å². The van der Waals surface area contributed by atoms with Crippen molar-refractivity contribution >= 4 is 138 Å². The van der Waals surface area contributed by atoms with Gasteiger partial charge in [0, 0.05) is 65.8 Å². The number of fused-ring (bicyclic) bond motifs is 2. The number of aromatic nitrogens is 4. The van der Waals surface area contributed by atoms with Crippen LogP contribution in [0, 0.1) is 11.6 Å². The van der Waals surface area contributed by atoms with Crippen LogP contribution in [0.5, 0.6) is 0 Å². The molecule has 2 fully saturated rings. The number of nitrogens with zero attached hydrogens (tertiary/aromatic N) is 12. The van der Waals surface area contributed by atoms with Crippen LogP contribution in [0.25, 0.3) is 22.3 Å². The number of carbonyl (C=O) groups excluding carboxylic acids is 5. The van der Waals surface area contributed by atoms with Crippen molar-refractivity contribution in [3.63, 3.8) is 0 Å². The summed E-state index contributed by atoms with van der Waals surface area (Å²) in [5, 5.41) is 35.2. The van der Waals surface area contributed by atoms with Crippen molar-refractivity contribution < 1.29 is 51.4 Å². The Labute approximate surface area is 575 Å². The van der Waals surface area contributed by atoms with E-state index in [1.807, 2.05) is 32.8 Å². The van der Waals surface area contributed by atoms with Gasteiger partial charge in [-0.1, -0.05) is 119 Å². The van der Waals surface area contributed by atoms with Gasteiger partial charge >= 0.3 is 5.97 Å². The lowest BCUT2D eigenvalue weighted by Gasteiger charge is -2.27. The maximum atomic E-state index is 15.5. The quantitative estimate of drug-likeness (QED) is 0.0362. The molecule has 10 N–H and O–H groups in total. The van der Waals surface area contributed by atoms with Gasteiger partial charge in [-0.05, 0) is 43.7 Å². The molecule has 0 aliphatic carbocycles. The molecule has 0 spiro atoms. The van der Waals surface area contributed by atoms with Crippen molar-refractivity contribution in [2.24, 2.45) is 31.7 Å². The summed E-state index contributed by atoms with van der Waals surface area (Å²) in [6, 6.07) is 19.5. The lowest BCUT2D eigenvalue weighted by Crippen LogP contribution is -2.47. The minimum Gasteiger partial charge on any atom is -0.480 e. The highest BCUT2D eigenvalue weighted by molar-refractivity contribution is 8.15. The van der Waals surface area contributed by atoms with Crippen LogP contribution in [-0.4, -0.2) is 190 Å². The second-order valence-corrected chi connectivity index (χ2v) is 25.6. The lowest BCUT2D eigenvalue weighted by atomic mass is 10.0. The second-order valence-electron chi connectivity index (χ2n) is 22.2. The largest absolute Gasteiger partial charge is 0.480 e. The summed E-state index contributed by atoms with van der Waals surface area (Å²) < 4.78 is 58.0. The highest BCUT2D eigenvalue weighted by Gasteiger charge is 2.49. The maximum Gasteiger partial charge on any atom is 0.324 e. The lowest BCUT2D eigenvalue weighted by molar-refractivity contribution is -0.138. The second kappa shape index (κ2) is 32.5. The number of hydrogen-bond acceptors (Lipinski definition) is 22. The number of carboxylic acids is 1. The van der Waals surface area contributed by atoms with Crippen LogP contribution in [0.15, 0.2) is 153 Å². The van der Waals surface area contributed by atoms with Crippen molar-refractivity contribution in [2.75, 3.05) is 61.5 Å². The number of carbonyl (C=O) groups is 6. The molecule has 4 aromatic carbocycles. The molecule has 508 valence electrons. The molecule has 97 heavy (non-hydrogen) atoms. The fourth-order valence-electron chi connectivity index (χ4n) is 10.4. The minimum atomic E-state index is -1.47. The van der Waals surface area contributed by atoms with Crippen LogP contribution in [0.3, 0.4) is 0 Å². The van der Waals surface area contributed by atoms with Gasteiger partial charge in [-0.2, -0.15) is 10.2 Å². The molecule has 12 rings (SSSR count). The Morgan fingerprint density at radius 1 is 0.649 bits per heavy atom. The molecule has 0 saturated carbocycles. The van der Waals surface area contributed by atoms with E-state index in [-0.39, 0.29) is 67.4 Å². The number of benzene rings is 4. The Morgan fingerprint density at radius 2 is 1.10 bits per heavy atom. The Hall–Kier alpha value is -9.47. The predicted octanol–water partition coefficient (Wildman–Crippen LogP) is 7.63. The van der Waals surface area contributed by atoms with Gasteiger partial charge in [0.15, 0.2) is 33.4 Å². The number of nitrogens with two attached hydrogens (primary N) is 2. The van der Waals surface area contributed by atoms with Gasteiger partial charge in [-0.3, -0.25) is 38.8 Å². The van der Waals surface area contributed by atoms with Gasteiger partial charge in [0.05, 0.1) is 60.1 Å². The van der Waals surface area contributed by atoms with Gasteiger partial charge in [0.1, 0.15) is 72.1 Å². The van der Waals surface area contributed by atoms with Crippen molar-refractivity contribution in [2.45, 2.75) is 73.9 Å². The summed E-state index contributed by atoms with van der Waals surface area (Å²) in [6.45, 7) is 3.07. The molecule has 8 atom stereocenters. The molecule has 0 radical (unpaired) electrons. The Morgan fingerprint density at radius 3 is 1.52 bits per heavy atom. The number of hydrogen-bond donors (Lipinski definition) is 8. The summed E-state index contributed by atoms with van der Waals surface area (Å²) >= 11 is 20.6. The van der Waals surface area contributed by atoms with E-state index < -0.39 is 94.4 Å². The third-order valence-electron chi connectivity index (χ3n) is 14.8. The number of rotatable bonds is 15. The van der Waals surface area contributed by atoms with Crippen molar-refractivity contribution in [3.05, 3.63) is 155 Å². The van der Waals surface area contributed by atoms with Gasteiger partial charge in [-0.25, -0.2) is 47.5 Å². The zero-order chi connectivity index (χ0) is 69.8. The zero-order valence-electron chi connectivity index (χ0n) is 51.8. The summed E-state index contributed by atoms with van der Waals surface area (Å²) in [4.78, 5) is 101. The van der Waals surface area contributed by atoms with E-state index in [0.29, 0.717) is 48.4 Å². The number of amidine groups is 2. The van der Waals surface area contributed by atoms with Gasteiger partial charge in [-0.15, -0.1) is 0 Å². The molecule has 6 aliphatic rings. The van der Waals surface area contributed by atoms with Gasteiger partial charge < -0.3 is 53.0 Å². The molecule has 6 aliphatic heterocycles.